The van der Waals surface area contributed by atoms with E-state index in [0.717, 1.165) is 90.4 Å². The van der Waals surface area contributed by atoms with Crippen LogP contribution in [0.5, 0.6) is 0 Å². The standard InChI is InChI=1S/C19H25NO5.C17H21NO4.C12H21NO4.C12H19NO3.C10H17NO3.C3H8O2.2CH4O.H2O/c1-12(11-21)24-19(23)17-15-9-8-14(20(15)2)10-16(17)25-18(22)13-6-4-3-5-7-13;1-18-12-8-9-13(18)15(17(20)21-2)14(10-12)22-16(19)11-6-4-3-5-7-11;1-7(6-14)17-12(16)11-9-4-3-8(13(9)2)5-10(11)15;1-8(7-14)16-12(15)10-5-3-9-4-6-11(10)13(9)2;1-11-6-3-4-7(11)9(8(12)5-6)10(13)14-2;1-3(5)2-4;2*1-2;/h3-7,12,14-17,21H,8-11H2,1-2H3;3-7,12-15H,8-10H2,1-2H3;7-11,14-15H,3-6H2,1-2H3;5,8-9,11,14H,3-4,6-7H2,1-2H3;6-9,12H,3-5H2,1-2H3;3-5H,2H2,1H3;2*2H,1H3;1H2/t12?,14?,15?,16-,17+;12?,13?,14-,15+;7?,8?,9?,10-,11+;;6?,7?,8-,9+;;;;/m000.0..../s1. The fraction of sp³-hybridized carbons (Fsp3) is 0.720. The molecule has 590 valence electrons. The van der Waals surface area contributed by atoms with Crippen LogP contribution in [0.4, 0.5) is 0 Å². The molecule has 10 aliphatic heterocycles. The van der Waals surface area contributed by atoms with Crippen molar-refractivity contribution in [1.29, 1.82) is 0 Å². The molecule has 14 unspecified atom stereocenters. The van der Waals surface area contributed by atoms with Crippen LogP contribution in [-0.4, -0.2) is 317 Å². The third-order valence-electron chi connectivity index (χ3n) is 22.0. The van der Waals surface area contributed by atoms with Crippen LogP contribution in [0.2, 0.25) is 0 Å². The van der Waals surface area contributed by atoms with E-state index < -0.39 is 78.5 Å². The highest BCUT2D eigenvalue weighted by atomic mass is 16.6. The van der Waals surface area contributed by atoms with Gasteiger partial charge in [-0.15, -0.1) is 0 Å². The Hall–Kier alpha value is -6.13. The second-order valence-corrected chi connectivity index (χ2v) is 28.3. The maximum Gasteiger partial charge on any atom is 0.338 e. The number of aliphatic hydroxyl groups is 9. The van der Waals surface area contributed by atoms with Crippen molar-refractivity contribution in [3.8, 4) is 0 Å². The second-order valence-electron chi connectivity index (χ2n) is 28.3. The summed E-state index contributed by atoms with van der Waals surface area (Å²) in [6.45, 7) is 5.85. The first-order valence-corrected chi connectivity index (χ1v) is 36.2. The van der Waals surface area contributed by atoms with Crippen LogP contribution in [0, 0.1) is 23.7 Å². The van der Waals surface area contributed by atoms with E-state index in [-0.39, 0.29) is 97.9 Å². The maximum absolute atomic E-state index is 12.7. The highest BCUT2D eigenvalue weighted by Crippen LogP contribution is 2.44. The monoisotopic (exact) mass is 1480 g/mol. The molecule has 12 rings (SSSR count). The quantitative estimate of drug-likeness (QED) is 0.0853. The zero-order valence-corrected chi connectivity index (χ0v) is 63.0. The van der Waals surface area contributed by atoms with Gasteiger partial charge in [-0.25, -0.2) is 14.4 Å². The van der Waals surface area contributed by atoms with Gasteiger partial charge in [0.15, 0.2) is 0 Å². The number of esters is 7. The van der Waals surface area contributed by atoms with Crippen LogP contribution in [0.1, 0.15) is 145 Å². The molecule has 0 aromatic heterocycles. The van der Waals surface area contributed by atoms with Crippen molar-refractivity contribution in [3.05, 3.63) is 83.4 Å². The molecule has 22 atom stereocenters. The topological polar surface area (TPSA) is 414 Å². The molecule has 11 N–H and O–H groups in total. The molecular formula is C75H121N5O24. The van der Waals surface area contributed by atoms with Gasteiger partial charge in [0.25, 0.3) is 0 Å². The zero-order chi connectivity index (χ0) is 76.5. The minimum atomic E-state index is -0.609. The van der Waals surface area contributed by atoms with E-state index in [1.807, 2.05) is 46.4 Å². The van der Waals surface area contributed by atoms with Gasteiger partial charge in [-0.2, -0.15) is 0 Å². The second kappa shape index (κ2) is 44.2. The molecule has 2 aromatic rings. The molecule has 0 saturated carbocycles. The lowest BCUT2D eigenvalue weighted by Gasteiger charge is -2.41. The average Bonchev–Trinajstić information content (AvgIpc) is 1.57. The number of benzene rings is 2. The van der Waals surface area contributed by atoms with Crippen LogP contribution in [0.3, 0.4) is 0 Å². The molecule has 0 spiro atoms. The predicted octanol–water partition coefficient (Wildman–Crippen LogP) is 1.70. The van der Waals surface area contributed by atoms with Gasteiger partial charge in [-0.1, -0.05) is 42.5 Å². The molecule has 29 nitrogen and oxygen atoms in total. The number of methoxy groups -OCH3 is 2. The molecule has 2 aromatic carbocycles. The number of fused-ring (bicyclic) bond motifs is 10. The van der Waals surface area contributed by atoms with E-state index >= 15 is 0 Å². The van der Waals surface area contributed by atoms with Gasteiger partial charge in [0, 0.05) is 87.5 Å². The van der Waals surface area contributed by atoms with Gasteiger partial charge in [-0.05, 0) is 171 Å². The Labute approximate surface area is 612 Å². The molecule has 9 saturated heterocycles. The lowest BCUT2D eigenvalue weighted by atomic mass is 9.87. The largest absolute Gasteiger partial charge is 0.469 e. The molecular weight excluding hydrogens is 1350 g/mol. The Morgan fingerprint density at radius 2 is 0.740 bits per heavy atom. The summed E-state index contributed by atoms with van der Waals surface area (Å²) in [5.41, 5.74) is 1.76. The van der Waals surface area contributed by atoms with E-state index in [0.29, 0.717) is 67.0 Å². The first-order chi connectivity index (χ1) is 49.2. The van der Waals surface area contributed by atoms with E-state index in [1.165, 1.54) is 21.1 Å². The first-order valence-electron chi connectivity index (χ1n) is 36.2. The van der Waals surface area contributed by atoms with E-state index in [2.05, 4.69) is 31.5 Å². The molecule has 104 heavy (non-hydrogen) atoms. The SMILES string of the molecule is CC(CO)OC(=O)C1=CCC2CCC1N2C.CC(CO)OC(=O)[C@@H]1C2CCC(C[C@@H]1O)N2C.CC(CO)OC(=O)[C@@H]1C2CCC(C[C@@H]1OC(=O)c1ccccc1)N2C.CC(O)CO.CO.CO.COC(=O)[C@@H]1C2CCC(C[C@@H]1O)N2C.COC(=O)[C@@H]1C2CCC(C[C@@H]1OC(=O)c1ccccc1)N2C.O. The van der Waals surface area contributed by atoms with Gasteiger partial charge >= 0.3 is 41.8 Å². The summed E-state index contributed by atoms with van der Waals surface area (Å²) in [6.07, 6.45) is 11.6. The van der Waals surface area contributed by atoms with Crippen LogP contribution in [-0.2, 0) is 57.1 Å². The Morgan fingerprint density at radius 1 is 0.423 bits per heavy atom. The van der Waals surface area contributed by atoms with Crippen molar-refractivity contribution >= 4 is 41.8 Å². The third-order valence-corrected chi connectivity index (χ3v) is 22.0. The molecule has 29 heteroatoms. The Morgan fingerprint density at radius 3 is 1.11 bits per heavy atom. The lowest BCUT2D eigenvalue weighted by molar-refractivity contribution is -0.166. The number of likely N-dealkylation sites (N-methyl/N-ethyl adjacent to an activating group) is 1. The number of carbonyl (C=O) groups is 7. The average molecular weight is 1480 g/mol. The zero-order valence-electron chi connectivity index (χ0n) is 63.0. The summed E-state index contributed by atoms with van der Waals surface area (Å²) in [4.78, 5) is 96.1. The minimum absolute atomic E-state index is 0. The molecule has 0 amide bonds. The number of piperidine rings is 4. The smallest absolute Gasteiger partial charge is 0.338 e. The lowest BCUT2D eigenvalue weighted by Crippen LogP contribution is -2.54. The maximum atomic E-state index is 12.7. The van der Waals surface area contributed by atoms with Gasteiger partial charge < -0.3 is 84.6 Å². The number of aliphatic hydroxyl groups excluding tert-OH is 9. The minimum Gasteiger partial charge on any atom is -0.469 e. The van der Waals surface area contributed by atoms with Gasteiger partial charge in [0.05, 0.1) is 87.5 Å². The number of rotatable bonds is 16. The van der Waals surface area contributed by atoms with Crippen molar-refractivity contribution in [3.63, 3.8) is 0 Å². The van der Waals surface area contributed by atoms with Gasteiger partial charge in [-0.3, -0.25) is 43.7 Å². The van der Waals surface area contributed by atoms with Crippen LogP contribution < -0.4 is 0 Å². The summed E-state index contributed by atoms with van der Waals surface area (Å²) in [5.74, 6) is -4.12. The van der Waals surface area contributed by atoms with Crippen molar-refractivity contribution < 1.29 is 118 Å². The van der Waals surface area contributed by atoms with Gasteiger partial charge in [0.2, 0.25) is 0 Å². The Bertz CT molecular complexity index is 2970. The number of carbonyl (C=O) groups excluding carboxylic acids is 7. The van der Waals surface area contributed by atoms with Crippen molar-refractivity contribution in [1.82, 2.24) is 24.5 Å². The molecule has 0 radical (unpaired) electrons. The molecule has 10 bridgehead atoms. The van der Waals surface area contributed by atoms with E-state index in [4.69, 9.17) is 68.9 Å². The van der Waals surface area contributed by atoms with Gasteiger partial charge in [0.1, 0.15) is 42.4 Å². The fourth-order valence-corrected chi connectivity index (χ4v) is 16.2. The number of hydrogen-bond acceptors (Lipinski definition) is 28. The fourth-order valence-electron chi connectivity index (χ4n) is 16.2. The molecule has 9 fully saturated rings. The van der Waals surface area contributed by atoms with E-state index in [9.17, 15) is 43.8 Å². The Kier molecular flexibility index (Phi) is 38.4. The summed E-state index contributed by atoms with van der Waals surface area (Å²) >= 11 is 0. The predicted molar refractivity (Wildman–Crippen MR) is 382 cm³/mol. The summed E-state index contributed by atoms with van der Waals surface area (Å²) in [6, 6.07) is 20.4. The van der Waals surface area contributed by atoms with Crippen LogP contribution in [0.25, 0.3) is 0 Å². The highest BCUT2D eigenvalue weighted by Gasteiger charge is 2.54. The summed E-state index contributed by atoms with van der Waals surface area (Å²) in [7, 11) is 14.9. The highest BCUT2D eigenvalue weighted by molar-refractivity contribution is 5.91. The first kappa shape index (κ1) is 90.3. The van der Waals surface area contributed by atoms with Crippen LogP contribution in [0.15, 0.2) is 72.3 Å². The van der Waals surface area contributed by atoms with Crippen molar-refractivity contribution in [2.75, 3.05) is 90.1 Å². The molecule has 10 heterocycles. The number of hydrogen-bond donors (Lipinski definition) is 9. The summed E-state index contributed by atoms with van der Waals surface area (Å²) in [5, 5.41) is 76.8. The van der Waals surface area contributed by atoms with Crippen LogP contribution >= 0.6 is 0 Å². The van der Waals surface area contributed by atoms with Crippen molar-refractivity contribution in [2.24, 2.45) is 23.7 Å². The summed E-state index contributed by atoms with van der Waals surface area (Å²) < 4.78 is 36.7. The number of nitrogens with zero attached hydrogens (tertiary/aromatic N) is 5. The number of ether oxygens (including phenoxy) is 7. The van der Waals surface area contributed by atoms with Crippen molar-refractivity contribution in [2.45, 2.75) is 233 Å². The third kappa shape index (κ3) is 23.4. The molecule has 10 aliphatic rings. The van der Waals surface area contributed by atoms with E-state index in [1.54, 1.807) is 69.3 Å². The molecule has 0 aliphatic carbocycles. The Balaban J connectivity index is 0.000000270. The normalized spacial score (nSPS) is 31.4.